The Morgan fingerprint density at radius 1 is 1.03 bits per heavy atom. The molecule has 1 unspecified atom stereocenters. The molecule has 10 nitrogen and oxygen atoms in total. The number of hydrogen-bond donors (Lipinski definition) is 1. The molecule has 1 atom stereocenters. The molecule has 1 aromatic carbocycles. The van der Waals surface area contributed by atoms with Crippen molar-refractivity contribution >= 4 is 17.6 Å². The lowest BCUT2D eigenvalue weighted by atomic mass is 10.1. The van der Waals surface area contributed by atoms with Gasteiger partial charge in [-0.2, -0.15) is 0 Å². The molecule has 1 N–H and O–H groups in total. The summed E-state index contributed by atoms with van der Waals surface area (Å²) in [7, 11) is 0. The van der Waals surface area contributed by atoms with E-state index >= 15 is 0 Å². The molecular weight excluding hydrogens is 486 g/mol. The van der Waals surface area contributed by atoms with Crippen molar-refractivity contribution in [2.75, 3.05) is 70.4 Å². The van der Waals surface area contributed by atoms with E-state index in [0.29, 0.717) is 44.2 Å². The van der Waals surface area contributed by atoms with E-state index in [1.54, 1.807) is 0 Å². The van der Waals surface area contributed by atoms with E-state index in [-0.39, 0.29) is 18.5 Å². The largest absolute Gasteiger partial charge is 0.463 e. The van der Waals surface area contributed by atoms with Crippen LogP contribution in [0.5, 0.6) is 0 Å². The van der Waals surface area contributed by atoms with E-state index in [9.17, 15) is 14.7 Å². The molecule has 0 spiro atoms. The second-order valence-electron chi connectivity index (χ2n) is 10.1. The van der Waals surface area contributed by atoms with Crippen LogP contribution in [0, 0.1) is 0 Å². The molecule has 0 saturated carbocycles. The first-order chi connectivity index (χ1) is 18.5. The van der Waals surface area contributed by atoms with E-state index in [0.717, 1.165) is 52.1 Å². The number of nitrogens with zero attached hydrogens (tertiary/aromatic N) is 5. The summed E-state index contributed by atoms with van der Waals surface area (Å²) in [6.07, 6.45) is 2.89. The summed E-state index contributed by atoms with van der Waals surface area (Å²) in [6, 6.07) is 8.47. The maximum Gasteiger partial charge on any atom is 0.305 e. The van der Waals surface area contributed by atoms with Crippen LogP contribution in [0.3, 0.4) is 0 Å². The Kier molecular flexibility index (Phi) is 10.1. The molecule has 4 rings (SSSR count). The summed E-state index contributed by atoms with van der Waals surface area (Å²) in [4.78, 5) is 37.6. The number of carbonyl (C=O) groups excluding carboxylic acids is 2. The maximum absolute atomic E-state index is 13.1. The second-order valence-corrected chi connectivity index (χ2v) is 10.1. The first kappa shape index (κ1) is 28.1. The van der Waals surface area contributed by atoms with Gasteiger partial charge in [0.2, 0.25) is 5.89 Å². The number of aromatic nitrogens is 1. The molecule has 2 aromatic rings. The molecule has 2 aliphatic rings. The highest BCUT2D eigenvalue weighted by Gasteiger charge is 2.26. The molecule has 10 heteroatoms. The van der Waals surface area contributed by atoms with E-state index in [1.165, 1.54) is 17.5 Å². The fraction of sp³-hybridized carbons (Fsp3) is 0.607. The number of esters is 1. The van der Waals surface area contributed by atoms with Gasteiger partial charge in [-0.05, 0) is 24.5 Å². The van der Waals surface area contributed by atoms with Gasteiger partial charge in [0.1, 0.15) is 19.0 Å². The summed E-state index contributed by atoms with van der Waals surface area (Å²) >= 11 is 0. The zero-order chi connectivity index (χ0) is 26.9. The van der Waals surface area contributed by atoms with Crippen LogP contribution in [0.15, 0.2) is 34.9 Å². The monoisotopic (exact) mass is 527 g/mol. The molecule has 1 aromatic heterocycles. The molecule has 2 aliphatic heterocycles. The van der Waals surface area contributed by atoms with Gasteiger partial charge in [0.25, 0.3) is 5.91 Å². The number of oxazole rings is 1. The second kappa shape index (κ2) is 13.7. The van der Waals surface area contributed by atoms with Gasteiger partial charge < -0.3 is 24.1 Å². The van der Waals surface area contributed by atoms with Gasteiger partial charge in [0.05, 0.1) is 6.54 Å². The number of piperazine rings is 2. The fourth-order valence-electron chi connectivity index (χ4n) is 5.05. The van der Waals surface area contributed by atoms with Gasteiger partial charge in [0.15, 0.2) is 5.69 Å². The van der Waals surface area contributed by atoms with E-state index in [2.05, 4.69) is 50.9 Å². The normalized spacial score (nSPS) is 18.0. The lowest BCUT2D eigenvalue weighted by Crippen LogP contribution is -2.49. The molecule has 2 saturated heterocycles. The number of β-amino-alcohol motifs (C(OH)–C–C–N with tert-alkyl or cyclic N) is 1. The Bertz CT molecular complexity index is 1040. The van der Waals surface area contributed by atoms with Gasteiger partial charge in [-0.1, -0.05) is 32.0 Å². The van der Waals surface area contributed by atoms with Crippen LogP contribution < -0.4 is 4.90 Å². The summed E-state index contributed by atoms with van der Waals surface area (Å²) < 4.78 is 10.8. The predicted octanol–water partition coefficient (Wildman–Crippen LogP) is 2.02. The lowest BCUT2D eigenvalue weighted by molar-refractivity contribution is -0.147. The molecule has 2 fully saturated rings. The Hall–Kier alpha value is -2.95. The van der Waals surface area contributed by atoms with Gasteiger partial charge in [-0.3, -0.25) is 19.4 Å². The maximum atomic E-state index is 13.1. The smallest absolute Gasteiger partial charge is 0.305 e. The highest BCUT2D eigenvalue weighted by Crippen LogP contribution is 2.23. The SMILES string of the molecule is CCCC(=O)OCC(O)CN1CCN(Cc2nc(C(=O)N3CCN(c4ccccc4CC)CC3)co2)CC1. The van der Waals surface area contributed by atoms with E-state index in [4.69, 9.17) is 9.15 Å². The predicted molar refractivity (Wildman–Crippen MR) is 144 cm³/mol. The van der Waals surface area contributed by atoms with Gasteiger partial charge in [-0.25, -0.2) is 4.98 Å². The van der Waals surface area contributed by atoms with Gasteiger partial charge in [-0.15, -0.1) is 0 Å². The molecular formula is C28H41N5O5. The number of para-hydroxylation sites is 1. The van der Waals surface area contributed by atoms with E-state index < -0.39 is 6.10 Å². The number of anilines is 1. The van der Waals surface area contributed by atoms with Crippen molar-refractivity contribution in [1.82, 2.24) is 19.7 Å². The molecule has 38 heavy (non-hydrogen) atoms. The molecule has 0 bridgehead atoms. The average molecular weight is 528 g/mol. The van der Waals surface area contributed by atoms with Crippen molar-refractivity contribution in [2.45, 2.75) is 45.8 Å². The van der Waals surface area contributed by atoms with Crippen LogP contribution >= 0.6 is 0 Å². The molecule has 0 aliphatic carbocycles. The number of amides is 1. The highest BCUT2D eigenvalue weighted by molar-refractivity contribution is 5.92. The average Bonchev–Trinajstić information content (AvgIpc) is 3.41. The highest BCUT2D eigenvalue weighted by atomic mass is 16.5. The summed E-state index contributed by atoms with van der Waals surface area (Å²) in [5.74, 6) is 0.197. The molecule has 1 amide bonds. The Balaban J connectivity index is 1.19. The first-order valence-electron chi connectivity index (χ1n) is 13.8. The number of rotatable bonds is 11. The summed E-state index contributed by atoms with van der Waals surface area (Å²) in [5, 5.41) is 10.2. The van der Waals surface area contributed by atoms with Crippen molar-refractivity contribution in [2.24, 2.45) is 0 Å². The zero-order valence-electron chi connectivity index (χ0n) is 22.7. The van der Waals surface area contributed by atoms with Crippen LogP contribution in [0.4, 0.5) is 5.69 Å². The number of carbonyl (C=O) groups is 2. The fourth-order valence-corrected chi connectivity index (χ4v) is 5.05. The molecule has 3 heterocycles. The number of hydrogen-bond acceptors (Lipinski definition) is 9. The van der Waals surface area contributed by atoms with Crippen LogP contribution in [-0.2, 0) is 22.5 Å². The zero-order valence-corrected chi connectivity index (χ0v) is 22.7. The standard InChI is InChI=1S/C28H41N5O5/c1-3-7-27(35)38-20-23(34)18-30-10-12-31(13-11-30)19-26-29-24(21-37-26)28(36)33-16-14-32(15-17-33)25-9-6-5-8-22(25)4-2/h5-6,8-9,21,23,34H,3-4,7,10-20H2,1-2H3. The molecule has 0 radical (unpaired) electrons. The number of aryl methyl sites for hydroxylation is 1. The quantitative estimate of drug-likeness (QED) is 0.440. The van der Waals surface area contributed by atoms with Crippen LogP contribution in [0.25, 0.3) is 0 Å². The Labute approximate surface area is 225 Å². The Morgan fingerprint density at radius 3 is 2.45 bits per heavy atom. The van der Waals surface area contributed by atoms with Crippen LogP contribution in [0.1, 0.15) is 48.6 Å². The van der Waals surface area contributed by atoms with Crippen LogP contribution in [-0.4, -0.2) is 108 Å². The van der Waals surface area contributed by atoms with Crippen molar-refractivity contribution in [3.05, 3.63) is 47.7 Å². The summed E-state index contributed by atoms with van der Waals surface area (Å²) in [6.45, 7) is 11.2. The third-order valence-electron chi connectivity index (χ3n) is 7.23. The minimum Gasteiger partial charge on any atom is -0.463 e. The first-order valence-corrected chi connectivity index (χ1v) is 13.8. The number of aliphatic hydroxyl groups excluding tert-OH is 1. The molecule has 208 valence electrons. The third-order valence-corrected chi connectivity index (χ3v) is 7.23. The number of aliphatic hydroxyl groups is 1. The van der Waals surface area contributed by atoms with Gasteiger partial charge >= 0.3 is 5.97 Å². The van der Waals surface area contributed by atoms with Crippen molar-refractivity contribution in [3.63, 3.8) is 0 Å². The minimum absolute atomic E-state index is 0.0350. The van der Waals surface area contributed by atoms with Crippen molar-refractivity contribution in [1.29, 1.82) is 0 Å². The van der Waals surface area contributed by atoms with Gasteiger partial charge in [0, 0.05) is 71.0 Å². The van der Waals surface area contributed by atoms with E-state index in [1.807, 2.05) is 11.8 Å². The topological polar surface area (TPSA) is 103 Å². The Morgan fingerprint density at radius 2 is 1.74 bits per heavy atom. The summed E-state index contributed by atoms with van der Waals surface area (Å²) in [5.41, 5.74) is 2.95. The third kappa shape index (κ3) is 7.55. The lowest BCUT2D eigenvalue weighted by Gasteiger charge is -2.36. The van der Waals surface area contributed by atoms with Crippen molar-refractivity contribution in [3.8, 4) is 0 Å². The minimum atomic E-state index is -0.689. The van der Waals surface area contributed by atoms with Crippen LogP contribution in [0.2, 0.25) is 0 Å². The van der Waals surface area contributed by atoms with Crippen molar-refractivity contribution < 1.29 is 23.8 Å². The number of benzene rings is 1. The number of ether oxygens (including phenoxy) is 1.